The summed E-state index contributed by atoms with van der Waals surface area (Å²) in [5, 5.41) is 10.0. The van der Waals surface area contributed by atoms with Gasteiger partial charge in [-0.1, -0.05) is 88.0 Å². The number of para-hydroxylation sites is 1. The number of rotatable bonds is 16. The summed E-state index contributed by atoms with van der Waals surface area (Å²) in [6, 6.07) is 7.79. The highest BCUT2D eigenvalue weighted by Crippen LogP contribution is 2.20. The van der Waals surface area contributed by atoms with Crippen LogP contribution in [-0.4, -0.2) is 30.4 Å². The topological polar surface area (TPSA) is 55.8 Å². The Hall–Kier alpha value is -2.07. The monoisotopic (exact) mass is 402 g/mol. The molecule has 1 rings (SSSR count). The molecule has 0 aliphatic rings. The summed E-state index contributed by atoms with van der Waals surface area (Å²) in [7, 11) is 0. The van der Waals surface area contributed by atoms with Crippen molar-refractivity contribution in [2.75, 3.05) is 13.2 Å². The Balaban J connectivity index is 2.34. The molecule has 0 bridgehead atoms. The van der Waals surface area contributed by atoms with Crippen molar-refractivity contribution < 1.29 is 19.4 Å². The predicted molar refractivity (Wildman–Crippen MR) is 120 cm³/mol. The van der Waals surface area contributed by atoms with Gasteiger partial charge in [-0.3, -0.25) is 4.79 Å². The number of esters is 1. The van der Waals surface area contributed by atoms with Crippen molar-refractivity contribution in [3.05, 3.63) is 48.1 Å². The molecule has 0 fully saturated rings. The minimum absolute atomic E-state index is 0.186. The first kappa shape index (κ1) is 25.0. The van der Waals surface area contributed by atoms with E-state index in [1.165, 1.54) is 32.1 Å². The Morgan fingerprint density at radius 2 is 1.79 bits per heavy atom. The van der Waals surface area contributed by atoms with Crippen LogP contribution in [-0.2, 0) is 9.53 Å². The van der Waals surface area contributed by atoms with Crippen molar-refractivity contribution in [2.24, 2.45) is 0 Å². The van der Waals surface area contributed by atoms with E-state index in [-0.39, 0.29) is 12.1 Å². The third-order valence-corrected chi connectivity index (χ3v) is 4.58. The van der Waals surface area contributed by atoms with Gasteiger partial charge >= 0.3 is 5.97 Å². The molecule has 0 saturated carbocycles. The zero-order valence-corrected chi connectivity index (χ0v) is 18.1. The predicted octanol–water partition coefficient (Wildman–Crippen LogP) is 6.09. The molecule has 0 amide bonds. The number of carbonyl (C=O) groups excluding carboxylic acids is 1. The molecule has 0 heterocycles. The van der Waals surface area contributed by atoms with Crippen LogP contribution in [0.3, 0.4) is 0 Å². The molecular weight excluding hydrogens is 364 g/mol. The number of ether oxygens (including phenoxy) is 2. The van der Waals surface area contributed by atoms with Crippen molar-refractivity contribution >= 4 is 12.0 Å². The smallest absolute Gasteiger partial charge is 0.305 e. The van der Waals surface area contributed by atoms with E-state index in [2.05, 4.69) is 6.92 Å². The fourth-order valence-electron chi connectivity index (χ4n) is 2.96. The third-order valence-electron chi connectivity index (χ3n) is 4.58. The fourth-order valence-corrected chi connectivity index (χ4v) is 2.96. The standard InChI is InChI=1S/C25H38O4/c1-3-5-6-7-8-9-17-23(26)18-12-10-15-22-16-11-13-19-24(22)29-21-14-20-25(27)28-4-2/h10-13,15-16,18-19,23,26H,3-9,14,17,20-21H2,1-2H3/t23-/m0/s1. The van der Waals surface area contributed by atoms with Crippen LogP contribution in [0.25, 0.3) is 6.08 Å². The van der Waals surface area contributed by atoms with Gasteiger partial charge in [0.1, 0.15) is 5.75 Å². The Bertz CT molecular complexity index is 607. The molecular formula is C25H38O4. The van der Waals surface area contributed by atoms with Gasteiger partial charge in [-0.2, -0.15) is 0 Å². The van der Waals surface area contributed by atoms with Crippen molar-refractivity contribution in [1.82, 2.24) is 0 Å². The first-order valence-corrected chi connectivity index (χ1v) is 11.1. The second-order valence-electron chi connectivity index (χ2n) is 7.16. The Morgan fingerprint density at radius 3 is 2.59 bits per heavy atom. The van der Waals surface area contributed by atoms with Crippen LogP contribution in [0.1, 0.15) is 77.2 Å². The third kappa shape index (κ3) is 12.9. The number of hydrogen-bond donors (Lipinski definition) is 1. The van der Waals surface area contributed by atoms with Crippen molar-refractivity contribution in [1.29, 1.82) is 0 Å². The lowest BCUT2D eigenvalue weighted by molar-refractivity contribution is -0.143. The minimum Gasteiger partial charge on any atom is -0.493 e. The largest absolute Gasteiger partial charge is 0.493 e. The van der Waals surface area contributed by atoms with Crippen molar-refractivity contribution in [3.8, 4) is 5.75 Å². The minimum atomic E-state index is -0.389. The van der Waals surface area contributed by atoms with Gasteiger partial charge in [0.15, 0.2) is 0 Å². The second-order valence-corrected chi connectivity index (χ2v) is 7.16. The molecule has 1 aromatic rings. The number of benzene rings is 1. The first-order valence-electron chi connectivity index (χ1n) is 11.1. The highest BCUT2D eigenvalue weighted by Gasteiger charge is 2.03. The van der Waals surface area contributed by atoms with E-state index >= 15 is 0 Å². The lowest BCUT2D eigenvalue weighted by Gasteiger charge is -2.09. The van der Waals surface area contributed by atoms with E-state index in [9.17, 15) is 9.90 Å². The molecule has 0 radical (unpaired) electrons. The highest BCUT2D eigenvalue weighted by atomic mass is 16.5. The highest BCUT2D eigenvalue weighted by molar-refractivity contribution is 5.69. The normalized spacial score (nSPS) is 12.5. The Kier molecular flexibility index (Phi) is 14.5. The number of unbranched alkanes of at least 4 members (excludes halogenated alkanes) is 5. The van der Waals surface area contributed by atoms with E-state index in [4.69, 9.17) is 9.47 Å². The van der Waals surface area contributed by atoms with Crippen LogP contribution in [0, 0.1) is 0 Å². The molecule has 0 aromatic heterocycles. The molecule has 4 nitrogen and oxygen atoms in total. The van der Waals surface area contributed by atoms with Crippen LogP contribution in [0.4, 0.5) is 0 Å². The van der Waals surface area contributed by atoms with E-state index in [1.54, 1.807) is 6.92 Å². The molecule has 0 unspecified atom stereocenters. The fraction of sp³-hybridized carbons (Fsp3) is 0.560. The van der Waals surface area contributed by atoms with Crippen LogP contribution in [0.2, 0.25) is 0 Å². The molecule has 29 heavy (non-hydrogen) atoms. The Morgan fingerprint density at radius 1 is 1.03 bits per heavy atom. The summed E-state index contributed by atoms with van der Waals surface area (Å²) in [5.41, 5.74) is 0.971. The lowest BCUT2D eigenvalue weighted by atomic mass is 10.1. The summed E-state index contributed by atoms with van der Waals surface area (Å²) in [6.45, 7) is 4.91. The second kappa shape index (κ2) is 16.8. The van der Waals surface area contributed by atoms with Gasteiger partial charge in [0.25, 0.3) is 0 Å². The van der Waals surface area contributed by atoms with Gasteiger partial charge < -0.3 is 14.6 Å². The molecule has 0 aliphatic heterocycles. The summed E-state index contributed by atoms with van der Waals surface area (Å²) in [5.74, 6) is 0.600. The van der Waals surface area contributed by atoms with Crippen LogP contribution < -0.4 is 4.74 Å². The molecule has 4 heteroatoms. The maximum atomic E-state index is 11.4. The molecule has 0 saturated heterocycles. The molecule has 1 aromatic carbocycles. The molecule has 1 N–H and O–H groups in total. The number of aliphatic hydroxyl groups is 1. The zero-order chi connectivity index (χ0) is 21.2. The van der Waals surface area contributed by atoms with Gasteiger partial charge in [-0.15, -0.1) is 0 Å². The summed E-state index contributed by atoms with van der Waals surface area (Å²) in [4.78, 5) is 11.4. The van der Waals surface area contributed by atoms with Gasteiger partial charge in [0.05, 0.1) is 19.3 Å². The average Bonchev–Trinajstić information content (AvgIpc) is 2.72. The number of carbonyl (C=O) groups is 1. The quantitative estimate of drug-likeness (QED) is 0.206. The van der Waals surface area contributed by atoms with E-state index in [1.807, 2.05) is 48.6 Å². The first-order chi connectivity index (χ1) is 14.2. The summed E-state index contributed by atoms with van der Waals surface area (Å²) >= 11 is 0. The summed E-state index contributed by atoms with van der Waals surface area (Å²) in [6.07, 6.45) is 16.4. The molecule has 162 valence electrons. The lowest BCUT2D eigenvalue weighted by Crippen LogP contribution is -2.07. The van der Waals surface area contributed by atoms with Crippen LogP contribution in [0.5, 0.6) is 5.75 Å². The number of aliphatic hydroxyl groups excluding tert-OH is 1. The molecule has 1 atom stereocenters. The van der Waals surface area contributed by atoms with E-state index in [0.29, 0.717) is 26.1 Å². The SMILES string of the molecule is CCCCCCCC[C@H](O)C=CC=Cc1ccccc1OCCCC(=O)OCC. The van der Waals surface area contributed by atoms with Gasteiger partial charge in [0, 0.05) is 12.0 Å². The maximum Gasteiger partial charge on any atom is 0.305 e. The Labute approximate surface area is 176 Å². The van der Waals surface area contributed by atoms with E-state index < -0.39 is 0 Å². The summed E-state index contributed by atoms with van der Waals surface area (Å²) < 4.78 is 10.7. The van der Waals surface area contributed by atoms with Gasteiger partial charge in [0.2, 0.25) is 0 Å². The molecule has 0 spiro atoms. The van der Waals surface area contributed by atoms with Crippen molar-refractivity contribution in [3.63, 3.8) is 0 Å². The van der Waals surface area contributed by atoms with Crippen molar-refractivity contribution in [2.45, 2.75) is 77.7 Å². The van der Waals surface area contributed by atoms with Gasteiger partial charge in [-0.05, 0) is 25.8 Å². The van der Waals surface area contributed by atoms with E-state index in [0.717, 1.165) is 24.2 Å². The average molecular weight is 403 g/mol. The number of allylic oxidation sites excluding steroid dienone is 2. The van der Waals surface area contributed by atoms with Gasteiger partial charge in [-0.25, -0.2) is 0 Å². The molecule has 0 aliphatic carbocycles. The van der Waals surface area contributed by atoms with Crippen LogP contribution in [0.15, 0.2) is 42.5 Å². The maximum absolute atomic E-state index is 11.4. The zero-order valence-electron chi connectivity index (χ0n) is 18.1. The number of hydrogen-bond acceptors (Lipinski definition) is 4. The van der Waals surface area contributed by atoms with Crippen LogP contribution >= 0.6 is 0 Å².